The third kappa shape index (κ3) is 3.37. The largest absolute Gasteiger partial charge is 0.497 e. The predicted octanol–water partition coefficient (Wildman–Crippen LogP) is 3.43. The summed E-state index contributed by atoms with van der Waals surface area (Å²) in [5, 5.41) is 3.19. The number of nitrogens with one attached hydrogen (secondary N) is 1. The number of carbonyl (C=O) groups is 2. The molecule has 5 nitrogen and oxygen atoms in total. The molecule has 1 heterocycles. The first kappa shape index (κ1) is 18.5. The average molecular weight is 378 g/mol. The van der Waals surface area contributed by atoms with Gasteiger partial charge in [0, 0.05) is 18.7 Å². The summed E-state index contributed by atoms with van der Waals surface area (Å²) in [6, 6.07) is 17.3. The smallest absolute Gasteiger partial charge is 0.230 e. The molecule has 2 aromatic carbocycles. The molecule has 1 saturated carbocycles. The summed E-state index contributed by atoms with van der Waals surface area (Å²) in [6.07, 6.45) is 4.19. The summed E-state index contributed by atoms with van der Waals surface area (Å²) in [4.78, 5) is 27.6. The molecule has 0 radical (unpaired) electrons. The first-order valence-corrected chi connectivity index (χ1v) is 9.93. The van der Waals surface area contributed by atoms with E-state index in [9.17, 15) is 9.59 Å². The van der Waals surface area contributed by atoms with E-state index in [1.54, 1.807) is 12.0 Å². The van der Waals surface area contributed by atoms with Gasteiger partial charge in [0.15, 0.2) is 0 Å². The minimum Gasteiger partial charge on any atom is -0.497 e. The molecular weight excluding hydrogens is 352 g/mol. The van der Waals surface area contributed by atoms with Gasteiger partial charge in [0.05, 0.1) is 18.6 Å². The Balaban J connectivity index is 1.48. The molecule has 2 aliphatic rings. The second-order valence-corrected chi connectivity index (χ2v) is 7.73. The number of carbonyl (C=O) groups excluding carboxylic acids is 2. The first-order chi connectivity index (χ1) is 13.6. The summed E-state index contributed by atoms with van der Waals surface area (Å²) < 4.78 is 5.18. The highest BCUT2D eigenvalue weighted by Gasteiger charge is 2.44. The molecule has 1 aliphatic carbocycles. The molecule has 28 heavy (non-hydrogen) atoms. The van der Waals surface area contributed by atoms with Crippen molar-refractivity contribution in [3.63, 3.8) is 0 Å². The second kappa shape index (κ2) is 7.66. The molecule has 1 atom stereocenters. The molecule has 2 amide bonds. The van der Waals surface area contributed by atoms with Crippen molar-refractivity contribution in [2.24, 2.45) is 0 Å². The van der Waals surface area contributed by atoms with Gasteiger partial charge < -0.3 is 15.0 Å². The maximum Gasteiger partial charge on any atom is 0.230 e. The van der Waals surface area contributed by atoms with E-state index in [-0.39, 0.29) is 17.9 Å². The van der Waals surface area contributed by atoms with Gasteiger partial charge in [-0.05, 0) is 42.7 Å². The minimum absolute atomic E-state index is 0.0376. The van der Waals surface area contributed by atoms with Gasteiger partial charge in [0.1, 0.15) is 5.75 Å². The van der Waals surface area contributed by atoms with Crippen LogP contribution < -0.4 is 15.0 Å². The molecule has 0 spiro atoms. The van der Waals surface area contributed by atoms with Crippen molar-refractivity contribution in [3.8, 4) is 5.75 Å². The van der Waals surface area contributed by atoms with E-state index in [0.29, 0.717) is 13.0 Å². The molecule has 4 rings (SSSR count). The van der Waals surface area contributed by atoms with Gasteiger partial charge in [0.25, 0.3) is 0 Å². The lowest BCUT2D eigenvalue weighted by Crippen LogP contribution is -2.47. The van der Waals surface area contributed by atoms with Crippen LogP contribution in [0.1, 0.15) is 37.7 Å². The van der Waals surface area contributed by atoms with Crippen LogP contribution in [-0.4, -0.2) is 31.5 Å². The fourth-order valence-electron chi connectivity index (χ4n) is 4.52. The van der Waals surface area contributed by atoms with Crippen LogP contribution >= 0.6 is 0 Å². The Bertz CT molecular complexity index is 842. The van der Waals surface area contributed by atoms with E-state index in [0.717, 1.165) is 42.7 Å². The number of ether oxygens (including phenoxy) is 1. The zero-order valence-electron chi connectivity index (χ0n) is 16.2. The van der Waals surface area contributed by atoms with E-state index in [2.05, 4.69) is 5.32 Å². The third-order valence-electron chi connectivity index (χ3n) is 6.06. The van der Waals surface area contributed by atoms with Gasteiger partial charge >= 0.3 is 0 Å². The molecule has 0 bridgehead atoms. The Hall–Kier alpha value is -2.82. The van der Waals surface area contributed by atoms with Gasteiger partial charge in [-0.1, -0.05) is 43.2 Å². The molecule has 2 aromatic rings. The van der Waals surface area contributed by atoms with Gasteiger partial charge in [-0.15, -0.1) is 0 Å². The number of benzene rings is 2. The highest BCUT2D eigenvalue weighted by atomic mass is 16.5. The third-order valence-corrected chi connectivity index (χ3v) is 6.06. The lowest BCUT2D eigenvalue weighted by atomic mass is 9.78. The van der Waals surface area contributed by atoms with Crippen LogP contribution in [-0.2, 0) is 15.0 Å². The van der Waals surface area contributed by atoms with Gasteiger partial charge in [-0.3, -0.25) is 9.59 Å². The SMILES string of the molecule is COc1ccc(N2C[C@@H](NC(=O)C3(c4ccccc4)CCCC3)CC2=O)cc1. The number of anilines is 1. The number of hydrogen-bond acceptors (Lipinski definition) is 3. The van der Waals surface area contributed by atoms with Crippen LogP contribution in [0.5, 0.6) is 5.75 Å². The van der Waals surface area contributed by atoms with Crippen LogP contribution in [0.3, 0.4) is 0 Å². The summed E-state index contributed by atoms with van der Waals surface area (Å²) >= 11 is 0. The highest BCUT2D eigenvalue weighted by Crippen LogP contribution is 2.41. The summed E-state index contributed by atoms with van der Waals surface area (Å²) in [6.45, 7) is 0.502. The van der Waals surface area contributed by atoms with E-state index in [1.807, 2.05) is 54.6 Å². The molecule has 0 unspecified atom stereocenters. The summed E-state index contributed by atoms with van der Waals surface area (Å²) in [5.41, 5.74) is 1.46. The molecule has 5 heteroatoms. The number of methoxy groups -OCH3 is 1. The maximum atomic E-state index is 13.3. The lowest BCUT2D eigenvalue weighted by molar-refractivity contribution is -0.127. The lowest BCUT2D eigenvalue weighted by Gasteiger charge is -2.30. The van der Waals surface area contributed by atoms with E-state index < -0.39 is 5.41 Å². The second-order valence-electron chi connectivity index (χ2n) is 7.73. The maximum absolute atomic E-state index is 13.3. The topological polar surface area (TPSA) is 58.6 Å². The fourth-order valence-corrected chi connectivity index (χ4v) is 4.52. The van der Waals surface area contributed by atoms with Crippen LogP contribution in [0, 0.1) is 0 Å². The van der Waals surface area contributed by atoms with Crippen molar-refractivity contribution in [3.05, 3.63) is 60.2 Å². The van der Waals surface area contributed by atoms with Gasteiger partial charge in [0.2, 0.25) is 11.8 Å². The summed E-state index contributed by atoms with van der Waals surface area (Å²) in [7, 11) is 1.62. The Morgan fingerprint density at radius 1 is 1.07 bits per heavy atom. The van der Waals surface area contributed by atoms with E-state index in [1.165, 1.54) is 0 Å². The monoisotopic (exact) mass is 378 g/mol. The number of hydrogen-bond donors (Lipinski definition) is 1. The fraction of sp³-hybridized carbons (Fsp3) is 0.391. The van der Waals surface area contributed by atoms with Crippen molar-refractivity contribution >= 4 is 17.5 Å². The summed E-state index contributed by atoms with van der Waals surface area (Å²) in [5.74, 6) is 0.854. The van der Waals surface area contributed by atoms with Crippen molar-refractivity contribution in [1.82, 2.24) is 5.32 Å². The molecule has 146 valence electrons. The van der Waals surface area contributed by atoms with Crippen LogP contribution in [0.2, 0.25) is 0 Å². The molecular formula is C23H26N2O3. The number of nitrogens with zero attached hydrogens (tertiary/aromatic N) is 1. The molecule has 1 N–H and O–H groups in total. The van der Waals surface area contributed by atoms with Crippen molar-refractivity contribution in [1.29, 1.82) is 0 Å². The Kier molecular flexibility index (Phi) is 5.07. The highest BCUT2D eigenvalue weighted by molar-refractivity contribution is 5.97. The standard InChI is InChI=1S/C23H26N2O3/c1-28-20-11-9-19(10-12-20)25-16-18(15-21(25)26)24-22(27)23(13-5-6-14-23)17-7-3-2-4-8-17/h2-4,7-12,18H,5-6,13-16H2,1H3,(H,24,27)/t18-/m0/s1. The van der Waals surface area contributed by atoms with Crippen molar-refractivity contribution in [2.45, 2.75) is 43.6 Å². The number of rotatable bonds is 5. The van der Waals surface area contributed by atoms with Crippen molar-refractivity contribution in [2.75, 3.05) is 18.6 Å². The zero-order valence-corrected chi connectivity index (χ0v) is 16.2. The van der Waals surface area contributed by atoms with Crippen LogP contribution in [0.15, 0.2) is 54.6 Å². The average Bonchev–Trinajstić information content (AvgIpc) is 3.36. The number of amides is 2. The van der Waals surface area contributed by atoms with E-state index in [4.69, 9.17) is 4.74 Å². The molecule has 2 fully saturated rings. The van der Waals surface area contributed by atoms with Gasteiger partial charge in [-0.2, -0.15) is 0 Å². The molecule has 1 saturated heterocycles. The van der Waals surface area contributed by atoms with Gasteiger partial charge in [-0.25, -0.2) is 0 Å². The Labute approximate surface area is 165 Å². The zero-order chi connectivity index (χ0) is 19.6. The Morgan fingerprint density at radius 3 is 2.39 bits per heavy atom. The van der Waals surface area contributed by atoms with E-state index >= 15 is 0 Å². The van der Waals surface area contributed by atoms with Crippen LogP contribution in [0.4, 0.5) is 5.69 Å². The normalized spacial score (nSPS) is 21.0. The van der Waals surface area contributed by atoms with Crippen molar-refractivity contribution < 1.29 is 14.3 Å². The predicted molar refractivity (Wildman–Crippen MR) is 108 cm³/mol. The van der Waals surface area contributed by atoms with Crippen LogP contribution in [0.25, 0.3) is 0 Å². The molecule has 0 aromatic heterocycles. The first-order valence-electron chi connectivity index (χ1n) is 9.93. The minimum atomic E-state index is -0.460. The quantitative estimate of drug-likeness (QED) is 0.867. The molecule has 1 aliphatic heterocycles. The Morgan fingerprint density at radius 2 is 1.75 bits per heavy atom.